The van der Waals surface area contributed by atoms with Gasteiger partial charge in [0.15, 0.2) is 0 Å². The highest BCUT2D eigenvalue weighted by molar-refractivity contribution is 7.26. The number of nitrogens with zero attached hydrogens (tertiary/aromatic N) is 1. The van der Waals surface area contributed by atoms with Crippen LogP contribution in [0.2, 0.25) is 0 Å². The van der Waals surface area contributed by atoms with Gasteiger partial charge in [-0.2, -0.15) is 0 Å². The van der Waals surface area contributed by atoms with E-state index >= 15 is 0 Å². The van der Waals surface area contributed by atoms with E-state index in [1.807, 2.05) is 11.3 Å². The van der Waals surface area contributed by atoms with E-state index in [9.17, 15) is 0 Å². The molecule has 0 fully saturated rings. The fourth-order valence-electron chi connectivity index (χ4n) is 7.27. The second kappa shape index (κ2) is 14.7. The van der Waals surface area contributed by atoms with Gasteiger partial charge < -0.3 is 11.1 Å². The topological polar surface area (TPSA) is 53.3 Å². The molecule has 1 heterocycles. The van der Waals surface area contributed by atoms with Crippen molar-refractivity contribution in [3.63, 3.8) is 0 Å². The van der Waals surface area contributed by atoms with Crippen molar-refractivity contribution < 1.29 is 0 Å². The van der Waals surface area contributed by atoms with E-state index in [2.05, 4.69) is 187 Å². The number of hydrogen-bond acceptors (Lipinski definition) is 5. The molecule has 5 aromatic carbocycles. The third kappa shape index (κ3) is 7.25. The fraction of sp³-hybridized carbons (Fsp3) is 0.174. The van der Waals surface area contributed by atoms with Crippen molar-refractivity contribution in [2.24, 2.45) is 17.1 Å². The Labute approximate surface area is 305 Å². The van der Waals surface area contributed by atoms with E-state index in [-0.39, 0.29) is 11.6 Å². The molecule has 0 aliphatic heterocycles. The van der Waals surface area contributed by atoms with Crippen LogP contribution < -0.4 is 16.5 Å². The van der Waals surface area contributed by atoms with E-state index in [1.165, 1.54) is 42.4 Å². The first-order valence-corrected chi connectivity index (χ1v) is 18.8. The molecule has 0 spiro atoms. The largest absolute Gasteiger partial charge is 0.354 e. The van der Waals surface area contributed by atoms with Crippen molar-refractivity contribution in [2.75, 3.05) is 18.4 Å². The summed E-state index contributed by atoms with van der Waals surface area (Å²) in [6.45, 7) is 3.93. The summed E-state index contributed by atoms with van der Waals surface area (Å²) in [6, 6.07) is 43.2. The molecule has 3 unspecified atom stereocenters. The lowest BCUT2D eigenvalue weighted by molar-refractivity contribution is 0.0800. The van der Waals surface area contributed by atoms with Crippen LogP contribution in [-0.4, -0.2) is 18.1 Å². The van der Waals surface area contributed by atoms with Gasteiger partial charge in [-0.1, -0.05) is 153 Å². The number of thiophene rings is 1. The number of fused-ring (bicyclic) bond motifs is 3. The fourth-order valence-corrected chi connectivity index (χ4v) is 8.47. The average Bonchev–Trinajstić information content (AvgIpc) is 3.58. The van der Waals surface area contributed by atoms with Gasteiger partial charge in [-0.05, 0) is 59.2 Å². The van der Waals surface area contributed by atoms with Gasteiger partial charge in [0.2, 0.25) is 0 Å². The summed E-state index contributed by atoms with van der Waals surface area (Å²) < 4.78 is 2.59. The predicted molar refractivity (Wildman–Crippen MR) is 218 cm³/mol. The number of hydrogen-bond donors (Lipinski definition) is 3. The highest BCUT2D eigenvalue weighted by Crippen LogP contribution is 2.44. The number of hydrazine groups is 1. The van der Waals surface area contributed by atoms with Crippen LogP contribution in [0.25, 0.3) is 42.4 Å². The van der Waals surface area contributed by atoms with Crippen LogP contribution in [0.15, 0.2) is 170 Å². The molecule has 254 valence electrons. The quantitative estimate of drug-likeness (QED) is 0.0939. The summed E-state index contributed by atoms with van der Waals surface area (Å²) in [7, 11) is 0. The molecule has 3 atom stereocenters. The Hall–Kier alpha value is -5.04. The lowest BCUT2D eigenvalue weighted by atomic mass is 9.82. The molecule has 0 bridgehead atoms. The normalized spacial score (nSPS) is 19.1. The first-order chi connectivity index (χ1) is 25.0. The summed E-state index contributed by atoms with van der Waals surface area (Å²) in [5, 5.41) is 8.76. The number of allylic oxidation sites excluding steroid dienone is 5. The minimum Gasteiger partial charge on any atom is -0.354 e. The van der Waals surface area contributed by atoms with Crippen molar-refractivity contribution in [2.45, 2.75) is 25.9 Å². The second-order valence-corrected chi connectivity index (χ2v) is 15.1. The van der Waals surface area contributed by atoms with Gasteiger partial charge in [0.1, 0.15) is 0 Å². The van der Waals surface area contributed by atoms with Crippen molar-refractivity contribution in [1.29, 1.82) is 0 Å². The highest BCUT2D eigenvalue weighted by atomic mass is 32.1. The van der Waals surface area contributed by atoms with Gasteiger partial charge in [-0.15, -0.1) is 11.3 Å². The molecule has 4 N–H and O–H groups in total. The summed E-state index contributed by atoms with van der Waals surface area (Å²) in [4.78, 5) is 0. The Morgan fingerprint density at radius 2 is 1.59 bits per heavy atom. The summed E-state index contributed by atoms with van der Waals surface area (Å²) in [5.74, 6) is 0.432. The molecule has 0 amide bonds. The molecule has 0 saturated heterocycles. The van der Waals surface area contributed by atoms with Gasteiger partial charge in [0.25, 0.3) is 0 Å². The van der Waals surface area contributed by atoms with Crippen LogP contribution in [0.4, 0.5) is 5.69 Å². The molecule has 0 saturated carbocycles. The smallest absolute Gasteiger partial charge is 0.0967 e. The Morgan fingerprint density at radius 1 is 0.824 bits per heavy atom. The molecule has 1 aromatic heterocycles. The second-order valence-electron chi connectivity index (χ2n) is 14.0. The zero-order valence-electron chi connectivity index (χ0n) is 29.0. The van der Waals surface area contributed by atoms with Crippen molar-refractivity contribution in [3.8, 4) is 22.3 Å². The molecule has 0 radical (unpaired) electrons. The van der Waals surface area contributed by atoms with Crippen LogP contribution in [-0.2, 0) is 0 Å². The first kappa shape index (κ1) is 33.1. The van der Waals surface area contributed by atoms with Crippen molar-refractivity contribution in [3.05, 3.63) is 175 Å². The summed E-state index contributed by atoms with van der Waals surface area (Å²) in [5.41, 5.74) is 19.0. The highest BCUT2D eigenvalue weighted by Gasteiger charge is 2.30. The van der Waals surface area contributed by atoms with Crippen LogP contribution in [0.5, 0.6) is 0 Å². The molecule has 5 heteroatoms. The maximum atomic E-state index is 7.14. The van der Waals surface area contributed by atoms with E-state index in [1.54, 1.807) is 0 Å². The number of anilines is 1. The maximum absolute atomic E-state index is 7.14. The molecule has 6 aromatic rings. The van der Waals surface area contributed by atoms with Gasteiger partial charge >= 0.3 is 0 Å². The number of benzene rings is 5. The Morgan fingerprint density at radius 3 is 2.35 bits per heavy atom. The Bertz CT molecular complexity index is 2270. The molecular formula is C46H44N4S. The Balaban J connectivity index is 1.06. The maximum Gasteiger partial charge on any atom is 0.0967 e. The van der Waals surface area contributed by atoms with Crippen LogP contribution in [0.3, 0.4) is 0 Å². The zero-order chi connectivity index (χ0) is 34.6. The Kier molecular flexibility index (Phi) is 9.53. The number of rotatable bonds is 11. The zero-order valence-corrected chi connectivity index (χ0v) is 29.8. The standard InChI is InChI=1S/C46H44N4S/c1-46(32-50(48-31-33-14-5-2-6-15-33)45(47)37-21-13-20-36(30-37)34-16-7-3-8-17-34)28-26-38(27-29-46)49-43-39(35-18-9-4-10-19-35)24-25-41-40-22-11-12-23-42(40)51-44(41)43/h2-14,16-28,30,33,45,48-49H,15,29,31-32,47H2,1H3. The van der Waals surface area contributed by atoms with Gasteiger partial charge in [0, 0.05) is 45.2 Å². The van der Waals surface area contributed by atoms with Crippen molar-refractivity contribution >= 4 is 37.2 Å². The van der Waals surface area contributed by atoms with E-state index in [4.69, 9.17) is 5.73 Å². The lowest BCUT2D eigenvalue weighted by Crippen LogP contribution is -2.50. The first-order valence-electron chi connectivity index (χ1n) is 17.9. The average molecular weight is 685 g/mol. The third-order valence-corrected chi connectivity index (χ3v) is 11.4. The number of nitrogens with one attached hydrogen (secondary N) is 2. The van der Waals surface area contributed by atoms with Gasteiger partial charge in [0.05, 0.1) is 16.6 Å². The predicted octanol–water partition coefficient (Wildman–Crippen LogP) is 11.2. The lowest BCUT2D eigenvalue weighted by Gasteiger charge is -2.38. The molecule has 8 rings (SSSR count). The molecule has 2 aliphatic carbocycles. The van der Waals surface area contributed by atoms with E-state index < -0.39 is 0 Å². The van der Waals surface area contributed by atoms with E-state index in [0.717, 1.165) is 42.9 Å². The van der Waals surface area contributed by atoms with Crippen LogP contribution in [0, 0.1) is 11.3 Å². The molecular weight excluding hydrogens is 641 g/mol. The number of nitrogens with two attached hydrogens (primary N) is 1. The minimum absolute atomic E-state index is 0.124. The van der Waals surface area contributed by atoms with Crippen LogP contribution >= 0.6 is 11.3 Å². The summed E-state index contributed by atoms with van der Waals surface area (Å²) >= 11 is 1.86. The van der Waals surface area contributed by atoms with Crippen molar-refractivity contribution in [1.82, 2.24) is 10.4 Å². The SMILES string of the molecule is CC1(CN(NCC2C=CC=CC2)C(N)c2cccc(-c3ccccc3)c2)C=CC(Nc2c(-c3ccccc3)ccc3c2sc2ccccc23)=CC1. The van der Waals surface area contributed by atoms with E-state index in [0.29, 0.717) is 5.92 Å². The molecule has 51 heavy (non-hydrogen) atoms. The molecule has 4 nitrogen and oxygen atoms in total. The summed E-state index contributed by atoms with van der Waals surface area (Å²) in [6.07, 6.45) is 17.4. The van der Waals surface area contributed by atoms with Crippen LogP contribution in [0.1, 0.15) is 31.5 Å². The molecule has 2 aliphatic rings. The monoisotopic (exact) mass is 684 g/mol. The third-order valence-electron chi connectivity index (χ3n) is 10.2. The van der Waals surface area contributed by atoms with Gasteiger partial charge in [-0.3, -0.25) is 5.43 Å². The minimum atomic E-state index is -0.315. The van der Waals surface area contributed by atoms with Gasteiger partial charge in [-0.25, -0.2) is 5.01 Å².